The molecule has 1 aliphatic rings. The molecule has 1 aliphatic heterocycles. The number of aromatic nitrogens is 1. The molecule has 0 N–H and O–H groups in total. The summed E-state index contributed by atoms with van der Waals surface area (Å²) in [6.07, 6.45) is 3.73. The molecule has 0 bridgehead atoms. The number of carbonyl (C=O) groups is 1. The zero-order valence-electron chi connectivity index (χ0n) is 20.4. The van der Waals surface area contributed by atoms with Crippen LogP contribution < -0.4 is 14.9 Å². The third-order valence-corrected chi connectivity index (χ3v) is 8.23. The van der Waals surface area contributed by atoms with Crippen LogP contribution in [0.3, 0.4) is 0 Å². The molecule has 0 amide bonds. The number of ether oxygens (including phenoxy) is 1. The van der Waals surface area contributed by atoms with Crippen molar-refractivity contribution in [2.75, 3.05) is 12.9 Å². The summed E-state index contributed by atoms with van der Waals surface area (Å²) in [5, 5.41) is 0. The summed E-state index contributed by atoms with van der Waals surface area (Å²) >= 11 is 6.34. The standard InChI is InChI=1S/C28H23BrN2O4S2/c1-4-34-27(33)24-16(2)30-28-31(25(24)18-7-12-21(36-3)13-8-18)26(32)23(37-28)15-20-11-14-22(35-20)17-5-9-19(29)10-6-17/h5-15,25H,4H2,1-3H3/b23-15-/t25-/m1/s1. The highest BCUT2D eigenvalue weighted by Gasteiger charge is 2.33. The number of thiazole rings is 1. The van der Waals surface area contributed by atoms with E-state index in [1.807, 2.05) is 66.9 Å². The Kier molecular flexibility index (Phi) is 7.37. The summed E-state index contributed by atoms with van der Waals surface area (Å²) in [4.78, 5) is 33.0. The molecule has 0 fully saturated rings. The lowest BCUT2D eigenvalue weighted by atomic mass is 9.96. The monoisotopic (exact) mass is 594 g/mol. The van der Waals surface area contributed by atoms with Gasteiger partial charge in [0.05, 0.1) is 28.5 Å². The predicted molar refractivity (Wildman–Crippen MR) is 150 cm³/mol. The van der Waals surface area contributed by atoms with E-state index in [1.54, 1.807) is 36.3 Å². The molecule has 0 radical (unpaired) electrons. The molecule has 188 valence electrons. The smallest absolute Gasteiger partial charge is 0.338 e. The first-order chi connectivity index (χ1) is 17.9. The summed E-state index contributed by atoms with van der Waals surface area (Å²) in [6.45, 7) is 3.78. The van der Waals surface area contributed by atoms with E-state index in [1.165, 1.54) is 11.3 Å². The van der Waals surface area contributed by atoms with Crippen LogP contribution in [0.15, 0.2) is 95.5 Å². The number of carbonyl (C=O) groups excluding carboxylic acids is 1. The number of hydrogen-bond acceptors (Lipinski definition) is 7. The van der Waals surface area contributed by atoms with Crippen LogP contribution in [0, 0.1) is 0 Å². The van der Waals surface area contributed by atoms with Crippen molar-refractivity contribution in [3.8, 4) is 11.3 Å². The van der Waals surface area contributed by atoms with Gasteiger partial charge in [-0.25, -0.2) is 9.79 Å². The number of allylic oxidation sites excluding steroid dienone is 1. The lowest BCUT2D eigenvalue weighted by molar-refractivity contribution is -0.139. The van der Waals surface area contributed by atoms with Crippen LogP contribution in [-0.4, -0.2) is 23.4 Å². The number of halogens is 1. The highest BCUT2D eigenvalue weighted by Crippen LogP contribution is 2.32. The number of hydrogen-bond donors (Lipinski definition) is 0. The van der Waals surface area contributed by atoms with Crippen LogP contribution in [0.25, 0.3) is 17.4 Å². The maximum atomic E-state index is 13.7. The molecule has 2 aromatic carbocycles. The van der Waals surface area contributed by atoms with Gasteiger partial charge in [0.1, 0.15) is 11.5 Å². The first-order valence-corrected chi connectivity index (χ1v) is 14.4. The van der Waals surface area contributed by atoms with Gasteiger partial charge in [-0.05, 0) is 62.1 Å². The third kappa shape index (κ3) is 5.03. The summed E-state index contributed by atoms with van der Waals surface area (Å²) in [5.74, 6) is 0.797. The minimum atomic E-state index is -0.636. The first-order valence-electron chi connectivity index (χ1n) is 11.6. The fourth-order valence-corrected chi connectivity index (χ4v) is 5.92. The van der Waals surface area contributed by atoms with E-state index >= 15 is 0 Å². The molecule has 3 heterocycles. The van der Waals surface area contributed by atoms with Crippen molar-refractivity contribution in [1.29, 1.82) is 0 Å². The number of furan rings is 1. The molecule has 37 heavy (non-hydrogen) atoms. The number of esters is 1. The second-order valence-corrected chi connectivity index (χ2v) is 11.1. The van der Waals surface area contributed by atoms with E-state index in [0.717, 1.165) is 20.5 Å². The average molecular weight is 596 g/mol. The Bertz CT molecular complexity index is 1680. The van der Waals surface area contributed by atoms with E-state index in [4.69, 9.17) is 9.15 Å². The molecule has 0 spiro atoms. The Balaban J connectivity index is 1.62. The summed E-state index contributed by atoms with van der Waals surface area (Å²) in [6, 6.07) is 18.8. The maximum absolute atomic E-state index is 13.7. The largest absolute Gasteiger partial charge is 0.463 e. The van der Waals surface area contributed by atoms with Crippen molar-refractivity contribution >= 4 is 51.1 Å². The van der Waals surface area contributed by atoms with Crippen molar-refractivity contribution in [2.45, 2.75) is 24.8 Å². The van der Waals surface area contributed by atoms with Crippen molar-refractivity contribution in [1.82, 2.24) is 4.57 Å². The Morgan fingerprint density at radius 1 is 1.16 bits per heavy atom. The minimum absolute atomic E-state index is 0.233. The van der Waals surface area contributed by atoms with Gasteiger partial charge in [0, 0.05) is 21.0 Å². The van der Waals surface area contributed by atoms with Gasteiger partial charge in [0.2, 0.25) is 0 Å². The van der Waals surface area contributed by atoms with Gasteiger partial charge in [0.25, 0.3) is 5.56 Å². The number of fused-ring (bicyclic) bond motifs is 1. The van der Waals surface area contributed by atoms with Gasteiger partial charge in [-0.2, -0.15) is 0 Å². The zero-order chi connectivity index (χ0) is 26.1. The fourth-order valence-electron chi connectivity index (χ4n) is 4.22. The molecule has 5 rings (SSSR count). The molecule has 1 atom stereocenters. The van der Waals surface area contributed by atoms with E-state index in [9.17, 15) is 9.59 Å². The molecule has 9 heteroatoms. The number of thioether (sulfide) groups is 1. The highest BCUT2D eigenvalue weighted by atomic mass is 79.9. The van der Waals surface area contributed by atoms with E-state index < -0.39 is 12.0 Å². The molecule has 0 aliphatic carbocycles. The number of nitrogens with zero attached hydrogens (tertiary/aromatic N) is 2. The summed E-state index contributed by atoms with van der Waals surface area (Å²) in [7, 11) is 0. The minimum Gasteiger partial charge on any atom is -0.463 e. The second kappa shape index (κ2) is 10.7. The van der Waals surface area contributed by atoms with Crippen molar-refractivity contribution < 1.29 is 13.9 Å². The van der Waals surface area contributed by atoms with Gasteiger partial charge >= 0.3 is 5.97 Å². The second-order valence-electron chi connectivity index (χ2n) is 8.28. The van der Waals surface area contributed by atoms with Crippen molar-refractivity contribution in [3.63, 3.8) is 0 Å². The number of rotatable bonds is 6. The van der Waals surface area contributed by atoms with Crippen molar-refractivity contribution in [2.24, 2.45) is 4.99 Å². The van der Waals surface area contributed by atoms with Gasteiger partial charge in [-0.15, -0.1) is 11.8 Å². The van der Waals surface area contributed by atoms with Gasteiger partial charge in [-0.1, -0.05) is 51.5 Å². The molecule has 0 unspecified atom stereocenters. The van der Waals surface area contributed by atoms with Crippen LogP contribution in [-0.2, 0) is 9.53 Å². The first kappa shape index (κ1) is 25.5. The molecular formula is C28H23BrN2O4S2. The SMILES string of the molecule is CCOC(=O)C1=C(C)N=c2s/c(=C\c3ccc(-c4ccc(Br)cc4)o3)c(=O)n2[C@@H]1c1ccc(SC)cc1. The molecule has 2 aromatic heterocycles. The Morgan fingerprint density at radius 3 is 2.57 bits per heavy atom. The van der Waals surface area contributed by atoms with E-state index in [-0.39, 0.29) is 12.2 Å². The molecule has 4 aromatic rings. The molecule has 6 nitrogen and oxygen atoms in total. The molecular weight excluding hydrogens is 572 g/mol. The Hall–Kier alpha value is -3.14. The highest BCUT2D eigenvalue weighted by molar-refractivity contribution is 9.10. The van der Waals surface area contributed by atoms with Crippen molar-refractivity contribution in [3.05, 3.63) is 107 Å². The van der Waals surface area contributed by atoms with Crippen LogP contribution in [0.1, 0.15) is 31.2 Å². The topological polar surface area (TPSA) is 73.8 Å². The number of benzene rings is 2. The average Bonchev–Trinajstić information content (AvgIpc) is 3.48. The van der Waals surface area contributed by atoms with Crippen LogP contribution >= 0.6 is 39.0 Å². The van der Waals surface area contributed by atoms with Gasteiger partial charge < -0.3 is 9.15 Å². The predicted octanol–water partition coefficient (Wildman–Crippen LogP) is 5.54. The van der Waals surface area contributed by atoms with Crippen LogP contribution in [0.5, 0.6) is 0 Å². The third-order valence-electron chi connectivity index (χ3n) is 5.98. The normalized spacial score (nSPS) is 15.5. The molecule has 0 saturated heterocycles. The quantitative estimate of drug-likeness (QED) is 0.216. The fraction of sp³-hybridized carbons (Fsp3) is 0.179. The van der Waals surface area contributed by atoms with Gasteiger partial charge in [0.15, 0.2) is 4.80 Å². The van der Waals surface area contributed by atoms with Crippen LogP contribution in [0.2, 0.25) is 0 Å². The molecule has 0 saturated carbocycles. The maximum Gasteiger partial charge on any atom is 0.338 e. The lowest BCUT2D eigenvalue weighted by Crippen LogP contribution is -2.39. The van der Waals surface area contributed by atoms with E-state index in [2.05, 4.69) is 20.9 Å². The van der Waals surface area contributed by atoms with Gasteiger partial charge in [-0.3, -0.25) is 9.36 Å². The van der Waals surface area contributed by atoms with E-state index in [0.29, 0.717) is 32.1 Å². The summed E-state index contributed by atoms with van der Waals surface area (Å²) in [5.41, 5.74) is 2.43. The Labute approximate surface area is 230 Å². The zero-order valence-corrected chi connectivity index (χ0v) is 23.6. The Morgan fingerprint density at radius 2 is 1.89 bits per heavy atom. The lowest BCUT2D eigenvalue weighted by Gasteiger charge is -2.24. The summed E-state index contributed by atoms with van der Waals surface area (Å²) < 4.78 is 14.4. The van der Waals surface area contributed by atoms with Crippen LogP contribution in [0.4, 0.5) is 0 Å².